The van der Waals surface area contributed by atoms with Crippen LogP contribution in [0.25, 0.3) is 0 Å². The van der Waals surface area contributed by atoms with Crippen LogP contribution < -0.4 is 5.73 Å². The fraction of sp³-hybridized carbons (Fsp3) is 0.400. The van der Waals surface area contributed by atoms with Crippen molar-refractivity contribution < 1.29 is 19.1 Å². The van der Waals surface area contributed by atoms with E-state index in [0.29, 0.717) is 5.56 Å². The van der Waals surface area contributed by atoms with Gasteiger partial charge in [-0.05, 0) is 24.1 Å². The summed E-state index contributed by atoms with van der Waals surface area (Å²) in [6, 6.07) is 7.16. The third-order valence-electron chi connectivity index (χ3n) is 3.40. The highest BCUT2D eigenvalue weighted by Crippen LogP contribution is 2.16. The molecule has 0 spiro atoms. The van der Waals surface area contributed by atoms with Crippen molar-refractivity contribution in [3.05, 3.63) is 35.4 Å². The summed E-state index contributed by atoms with van der Waals surface area (Å²) in [5.41, 5.74) is 6.65. The minimum Gasteiger partial charge on any atom is -0.456 e. The van der Waals surface area contributed by atoms with Gasteiger partial charge >= 0.3 is 5.97 Å². The lowest BCUT2D eigenvalue weighted by atomic mass is 10.1. The smallest absolute Gasteiger partial charge is 0.338 e. The van der Waals surface area contributed by atoms with Crippen LogP contribution in [-0.2, 0) is 20.7 Å². The van der Waals surface area contributed by atoms with Crippen LogP contribution in [0.1, 0.15) is 29.3 Å². The van der Waals surface area contributed by atoms with Crippen LogP contribution in [0.2, 0.25) is 0 Å². The standard InChI is InChI=1S/C15H18N2O4/c1-2-10-3-5-11(6-4-10)15(20)21-12-7-14(19)17(8-12)9-13(16)18/h3-6,12H,2,7-9H2,1H3,(H2,16,18)/t12-/m0/s1. The summed E-state index contributed by atoms with van der Waals surface area (Å²) >= 11 is 0. The summed E-state index contributed by atoms with van der Waals surface area (Å²) in [4.78, 5) is 35.8. The SMILES string of the molecule is CCc1ccc(C(=O)O[C@H]2CC(=O)N(CC(N)=O)C2)cc1. The highest BCUT2D eigenvalue weighted by atomic mass is 16.5. The average molecular weight is 290 g/mol. The van der Waals surface area contributed by atoms with Crippen molar-refractivity contribution >= 4 is 17.8 Å². The molecule has 2 N–H and O–H groups in total. The molecule has 2 amide bonds. The van der Waals surface area contributed by atoms with Crippen molar-refractivity contribution in [1.82, 2.24) is 4.90 Å². The van der Waals surface area contributed by atoms with Crippen LogP contribution >= 0.6 is 0 Å². The van der Waals surface area contributed by atoms with Gasteiger partial charge in [-0.25, -0.2) is 4.79 Å². The summed E-state index contributed by atoms with van der Waals surface area (Å²) < 4.78 is 5.30. The topological polar surface area (TPSA) is 89.7 Å². The number of nitrogens with two attached hydrogens (primary N) is 1. The molecule has 1 fully saturated rings. The van der Waals surface area contributed by atoms with Crippen molar-refractivity contribution in [2.24, 2.45) is 5.73 Å². The van der Waals surface area contributed by atoms with Gasteiger partial charge in [0.05, 0.1) is 25.1 Å². The Balaban J connectivity index is 1.94. The van der Waals surface area contributed by atoms with Crippen LogP contribution in [-0.4, -0.2) is 41.9 Å². The van der Waals surface area contributed by atoms with Gasteiger partial charge in [-0.15, -0.1) is 0 Å². The van der Waals surface area contributed by atoms with Gasteiger partial charge in [0, 0.05) is 0 Å². The highest BCUT2D eigenvalue weighted by molar-refractivity contribution is 5.90. The molecule has 0 aliphatic carbocycles. The van der Waals surface area contributed by atoms with E-state index in [9.17, 15) is 14.4 Å². The molecule has 0 unspecified atom stereocenters. The first kappa shape index (κ1) is 15.0. The van der Waals surface area contributed by atoms with E-state index in [2.05, 4.69) is 0 Å². The van der Waals surface area contributed by atoms with Crippen LogP contribution in [0, 0.1) is 0 Å². The van der Waals surface area contributed by atoms with Gasteiger partial charge in [0.1, 0.15) is 6.10 Å². The normalized spacial score (nSPS) is 17.9. The Morgan fingerprint density at radius 2 is 2.00 bits per heavy atom. The number of hydrogen-bond acceptors (Lipinski definition) is 4. The van der Waals surface area contributed by atoms with Crippen LogP contribution in [0.4, 0.5) is 0 Å². The molecule has 6 nitrogen and oxygen atoms in total. The molecule has 112 valence electrons. The second kappa shape index (κ2) is 6.39. The number of carbonyl (C=O) groups excluding carboxylic acids is 3. The number of rotatable bonds is 5. The van der Waals surface area contributed by atoms with Gasteiger partial charge in [0.15, 0.2) is 0 Å². The number of primary amides is 1. The molecule has 1 aromatic rings. The molecule has 1 aromatic carbocycles. The Kier molecular flexibility index (Phi) is 4.57. The molecule has 0 aromatic heterocycles. The van der Waals surface area contributed by atoms with Crippen LogP contribution in [0.5, 0.6) is 0 Å². The van der Waals surface area contributed by atoms with Crippen molar-refractivity contribution in [3.63, 3.8) is 0 Å². The van der Waals surface area contributed by atoms with Gasteiger partial charge in [-0.1, -0.05) is 19.1 Å². The number of hydrogen-bond donors (Lipinski definition) is 1. The molecule has 0 bridgehead atoms. The molecule has 1 heterocycles. The fourth-order valence-corrected chi connectivity index (χ4v) is 2.25. The number of esters is 1. The summed E-state index contributed by atoms with van der Waals surface area (Å²) in [5, 5.41) is 0. The zero-order valence-corrected chi connectivity index (χ0v) is 11.9. The maximum Gasteiger partial charge on any atom is 0.338 e. The van der Waals surface area contributed by atoms with Crippen molar-refractivity contribution in [2.75, 3.05) is 13.1 Å². The van der Waals surface area contributed by atoms with E-state index < -0.39 is 18.0 Å². The van der Waals surface area contributed by atoms with Gasteiger partial charge in [0.25, 0.3) is 0 Å². The van der Waals surface area contributed by atoms with E-state index in [0.717, 1.165) is 12.0 Å². The highest BCUT2D eigenvalue weighted by Gasteiger charge is 2.33. The number of aryl methyl sites for hydroxylation is 1. The molecule has 1 saturated heterocycles. The van der Waals surface area contributed by atoms with E-state index in [1.165, 1.54) is 4.90 Å². The molecule has 1 atom stereocenters. The van der Waals surface area contributed by atoms with Gasteiger partial charge in [-0.2, -0.15) is 0 Å². The van der Waals surface area contributed by atoms with E-state index >= 15 is 0 Å². The minimum absolute atomic E-state index is 0.0893. The van der Waals surface area contributed by atoms with Gasteiger partial charge < -0.3 is 15.4 Å². The second-order valence-electron chi connectivity index (χ2n) is 5.02. The van der Waals surface area contributed by atoms with E-state index in [1.54, 1.807) is 12.1 Å². The first-order chi connectivity index (χ1) is 9.99. The lowest BCUT2D eigenvalue weighted by molar-refractivity contribution is -0.132. The molecular formula is C15H18N2O4. The molecule has 1 aliphatic rings. The Bertz CT molecular complexity index is 553. The van der Waals surface area contributed by atoms with Crippen molar-refractivity contribution in [3.8, 4) is 0 Å². The summed E-state index contributed by atoms with van der Waals surface area (Å²) in [7, 11) is 0. The predicted octanol–water partition coefficient (Wildman–Crippen LogP) is 0.492. The third-order valence-corrected chi connectivity index (χ3v) is 3.40. The zero-order valence-electron chi connectivity index (χ0n) is 11.9. The fourth-order valence-electron chi connectivity index (χ4n) is 2.25. The molecule has 6 heteroatoms. The average Bonchev–Trinajstić information content (AvgIpc) is 2.78. The lowest BCUT2D eigenvalue weighted by Crippen LogP contribution is -2.35. The van der Waals surface area contributed by atoms with E-state index in [-0.39, 0.29) is 25.4 Å². The molecule has 1 aliphatic heterocycles. The largest absolute Gasteiger partial charge is 0.456 e. The molecule has 0 radical (unpaired) electrons. The summed E-state index contributed by atoms with van der Waals surface area (Å²) in [5.74, 6) is -1.27. The first-order valence-corrected chi connectivity index (χ1v) is 6.85. The number of benzene rings is 1. The number of amides is 2. The summed E-state index contributed by atoms with van der Waals surface area (Å²) in [6.07, 6.45) is 0.454. The molecule has 21 heavy (non-hydrogen) atoms. The zero-order chi connectivity index (χ0) is 15.4. The Morgan fingerprint density at radius 1 is 1.33 bits per heavy atom. The Morgan fingerprint density at radius 3 is 2.57 bits per heavy atom. The first-order valence-electron chi connectivity index (χ1n) is 6.85. The maximum absolute atomic E-state index is 12.0. The predicted molar refractivity (Wildman–Crippen MR) is 75.4 cm³/mol. The number of likely N-dealkylation sites (tertiary alicyclic amines) is 1. The lowest BCUT2D eigenvalue weighted by Gasteiger charge is -2.14. The number of nitrogens with zero attached hydrogens (tertiary/aromatic N) is 1. The third kappa shape index (κ3) is 3.81. The number of ether oxygens (including phenoxy) is 1. The van der Waals surface area contributed by atoms with Crippen LogP contribution in [0.3, 0.4) is 0 Å². The van der Waals surface area contributed by atoms with E-state index in [1.807, 2.05) is 19.1 Å². The van der Waals surface area contributed by atoms with Crippen molar-refractivity contribution in [2.45, 2.75) is 25.9 Å². The van der Waals surface area contributed by atoms with Crippen LogP contribution in [0.15, 0.2) is 24.3 Å². The molecular weight excluding hydrogens is 272 g/mol. The minimum atomic E-state index is -0.578. The monoisotopic (exact) mass is 290 g/mol. The van der Waals surface area contributed by atoms with Crippen molar-refractivity contribution in [1.29, 1.82) is 0 Å². The second-order valence-corrected chi connectivity index (χ2v) is 5.02. The Hall–Kier alpha value is -2.37. The summed E-state index contributed by atoms with van der Waals surface area (Å²) in [6.45, 7) is 2.10. The Labute approximate surface area is 122 Å². The van der Waals surface area contributed by atoms with E-state index in [4.69, 9.17) is 10.5 Å². The van der Waals surface area contributed by atoms with Gasteiger partial charge in [0.2, 0.25) is 11.8 Å². The quantitative estimate of drug-likeness (QED) is 0.799. The maximum atomic E-state index is 12.0. The molecule has 0 saturated carbocycles. The van der Waals surface area contributed by atoms with Gasteiger partial charge in [-0.3, -0.25) is 9.59 Å². The molecule has 2 rings (SSSR count). The number of carbonyl (C=O) groups is 3.